The van der Waals surface area contributed by atoms with Crippen molar-refractivity contribution in [1.82, 2.24) is 4.90 Å². The number of ether oxygens (including phenoxy) is 2. The number of esters is 1. The minimum atomic E-state index is -0.217. The quantitative estimate of drug-likeness (QED) is 0.292. The van der Waals surface area contributed by atoms with E-state index in [2.05, 4.69) is 29.2 Å². The van der Waals surface area contributed by atoms with Crippen LogP contribution >= 0.6 is 0 Å². The van der Waals surface area contributed by atoms with Crippen LogP contribution < -0.4 is 0 Å². The first-order chi connectivity index (χ1) is 17.6. The Balaban J connectivity index is 1.38. The lowest BCUT2D eigenvalue weighted by Gasteiger charge is -2.38. The highest BCUT2D eigenvalue weighted by molar-refractivity contribution is 5.68. The van der Waals surface area contributed by atoms with E-state index >= 15 is 0 Å². The first-order valence-electron chi connectivity index (χ1n) is 13.0. The number of carbonyl (C=O) groups is 1. The van der Waals surface area contributed by atoms with Crippen LogP contribution in [0.4, 0.5) is 4.39 Å². The molecule has 36 heavy (non-hydrogen) atoms. The van der Waals surface area contributed by atoms with Gasteiger partial charge in [-0.2, -0.15) is 0 Å². The molecule has 3 aromatic rings. The summed E-state index contributed by atoms with van der Waals surface area (Å²) in [6.45, 7) is 5.46. The van der Waals surface area contributed by atoms with E-state index < -0.39 is 0 Å². The first kappa shape index (κ1) is 26.1. The molecule has 0 radical (unpaired) electrons. The maximum atomic E-state index is 13.3. The number of rotatable bonds is 11. The molecule has 190 valence electrons. The topological polar surface area (TPSA) is 38.8 Å². The molecule has 4 rings (SSSR count). The third kappa shape index (κ3) is 7.49. The Kier molecular flexibility index (Phi) is 9.65. The third-order valence-electron chi connectivity index (χ3n) is 7.02. The smallest absolute Gasteiger partial charge is 0.305 e. The van der Waals surface area contributed by atoms with E-state index in [1.165, 1.54) is 12.1 Å². The number of benzene rings is 3. The fourth-order valence-corrected chi connectivity index (χ4v) is 5.00. The summed E-state index contributed by atoms with van der Waals surface area (Å²) in [7, 11) is 0. The molecular formula is C31H36FNO3. The lowest BCUT2D eigenvalue weighted by molar-refractivity contribution is -0.146. The number of nitrogens with zero attached hydrogens (tertiary/aromatic N) is 1. The number of piperidine rings is 1. The Morgan fingerprint density at radius 1 is 0.944 bits per heavy atom. The van der Waals surface area contributed by atoms with E-state index in [1.807, 2.05) is 55.5 Å². The van der Waals surface area contributed by atoms with Crippen molar-refractivity contribution in [3.8, 4) is 0 Å². The second-order valence-corrected chi connectivity index (χ2v) is 9.57. The number of carbonyl (C=O) groups excluding carboxylic acids is 1. The van der Waals surface area contributed by atoms with Crippen LogP contribution in [0.2, 0.25) is 0 Å². The molecule has 5 heteroatoms. The van der Waals surface area contributed by atoms with E-state index in [4.69, 9.17) is 9.47 Å². The van der Waals surface area contributed by atoms with Crippen molar-refractivity contribution in [2.75, 3.05) is 26.3 Å². The van der Waals surface area contributed by atoms with Crippen molar-refractivity contribution in [1.29, 1.82) is 0 Å². The highest BCUT2D eigenvalue weighted by atomic mass is 19.1. The van der Waals surface area contributed by atoms with Gasteiger partial charge in [0, 0.05) is 32.0 Å². The molecule has 0 amide bonds. The highest BCUT2D eigenvalue weighted by Gasteiger charge is 2.30. The molecule has 0 aliphatic carbocycles. The van der Waals surface area contributed by atoms with Gasteiger partial charge >= 0.3 is 5.97 Å². The number of hydrogen-bond acceptors (Lipinski definition) is 4. The molecule has 2 unspecified atom stereocenters. The van der Waals surface area contributed by atoms with Gasteiger partial charge in [0.2, 0.25) is 0 Å². The van der Waals surface area contributed by atoms with E-state index in [0.29, 0.717) is 25.6 Å². The van der Waals surface area contributed by atoms with E-state index in [1.54, 1.807) is 0 Å². The van der Waals surface area contributed by atoms with Crippen molar-refractivity contribution < 1.29 is 18.7 Å². The zero-order valence-corrected chi connectivity index (χ0v) is 21.0. The Hall–Kier alpha value is -3.02. The zero-order chi connectivity index (χ0) is 25.2. The fraction of sp³-hybridized carbons (Fsp3) is 0.387. The Morgan fingerprint density at radius 3 is 2.19 bits per heavy atom. The van der Waals surface area contributed by atoms with Gasteiger partial charge in [-0.05, 0) is 54.1 Å². The van der Waals surface area contributed by atoms with Crippen molar-refractivity contribution in [2.45, 2.75) is 38.8 Å². The van der Waals surface area contributed by atoms with Crippen LogP contribution in [0.5, 0.6) is 0 Å². The fourth-order valence-electron chi connectivity index (χ4n) is 5.00. The lowest BCUT2D eigenvalue weighted by Crippen LogP contribution is -2.42. The molecular weight excluding hydrogens is 453 g/mol. The van der Waals surface area contributed by atoms with Crippen LogP contribution in [0.25, 0.3) is 0 Å². The number of halogens is 1. The van der Waals surface area contributed by atoms with Crippen molar-refractivity contribution in [3.63, 3.8) is 0 Å². The number of likely N-dealkylation sites (tertiary alicyclic amines) is 1. The van der Waals surface area contributed by atoms with Gasteiger partial charge in [0.1, 0.15) is 11.9 Å². The first-order valence-corrected chi connectivity index (χ1v) is 13.0. The summed E-state index contributed by atoms with van der Waals surface area (Å²) in [4.78, 5) is 14.3. The molecule has 0 aromatic heterocycles. The predicted octanol–water partition coefficient (Wildman–Crippen LogP) is 6.41. The molecule has 1 aliphatic heterocycles. The summed E-state index contributed by atoms with van der Waals surface area (Å²) in [5, 5.41) is 0. The Bertz CT molecular complexity index is 1020. The SMILES string of the molecule is CCC(=O)OCC1CN(Cc2ccc(F)cc2)CCC1CCOC(c1ccccc1)c1ccccc1. The van der Waals surface area contributed by atoms with E-state index in [0.717, 1.165) is 49.2 Å². The van der Waals surface area contributed by atoms with Crippen molar-refractivity contribution in [2.24, 2.45) is 11.8 Å². The van der Waals surface area contributed by atoms with Crippen LogP contribution in [0, 0.1) is 17.7 Å². The minimum Gasteiger partial charge on any atom is -0.465 e. The molecule has 1 fully saturated rings. The predicted molar refractivity (Wildman–Crippen MR) is 140 cm³/mol. The summed E-state index contributed by atoms with van der Waals surface area (Å²) < 4.78 is 25.4. The van der Waals surface area contributed by atoms with Gasteiger partial charge in [-0.3, -0.25) is 9.69 Å². The summed E-state index contributed by atoms with van der Waals surface area (Å²) in [5.41, 5.74) is 3.38. The zero-order valence-electron chi connectivity index (χ0n) is 21.0. The molecule has 0 saturated carbocycles. The summed E-state index contributed by atoms with van der Waals surface area (Å²) in [6, 6.07) is 27.4. The standard InChI is InChI=1S/C31H36FNO3/c1-2-30(34)36-23-28-22-33(21-24-13-15-29(32)16-14-24)19-17-25(28)18-20-35-31(26-9-5-3-6-10-26)27-11-7-4-8-12-27/h3-16,25,28,31H,2,17-23H2,1H3. The van der Waals surface area contributed by atoms with Gasteiger partial charge < -0.3 is 9.47 Å². The molecule has 0 N–H and O–H groups in total. The average Bonchev–Trinajstić information content (AvgIpc) is 2.92. The molecule has 0 spiro atoms. The van der Waals surface area contributed by atoms with Gasteiger partial charge in [-0.1, -0.05) is 79.7 Å². The van der Waals surface area contributed by atoms with Crippen molar-refractivity contribution in [3.05, 3.63) is 107 Å². The number of hydrogen-bond donors (Lipinski definition) is 0. The van der Waals surface area contributed by atoms with Gasteiger partial charge in [0.05, 0.1) is 6.61 Å². The normalized spacial score (nSPS) is 18.3. The largest absolute Gasteiger partial charge is 0.465 e. The Labute approximate surface area is 214 Å². The van der Waals surface area contributed by atoms with Gasteiger partial charge in [0.25, 0.3) is 0 Å². The van der Waals surface area contributed by atoms with Gasteiger partial charge in [-0.25, -0.2) is 4.39 Å². The van der Waals surface area contributed by atoms with Crippen LogP contribution in [0.3, 0.4) is 0 Å². The summed E-state index contributed by atoms with van der Waals surface area (Å²) in [5.74, 6) is 0.275. The second-order valence-electron chi connectivity index (χ2n) is 9.57. The van der Waals surface area contributed by atoms with Gasteiger partial charge in [-0.15, -0.1) is 0 Å². The van der Waals surface area contributed by atoms with Crippen LogP contribution in [-0.2, 0) is 20.8 Å². The minimum absolute atomic E-state index is 0.109. The third-order valence-corrected chi connectivity index (χ3v) is 7.02. The van der Waals surface area contributed by atoms with Gasteiger partial charge in [0.15, 0.2) is 0 Å². The molecule has 4 nitrogen and oxygen atoms in total. The highest BCUT2D eigenvalue weighted by Crippen LogP contribution is 2.31. The maximum absolute atomic E-state index is 13.3. The molecule has 1 heterocycles. The van der Waals surface area contributed by atoms with Crippen molar-refractivity contribution >= 4 is 5.97 Å². The Morgan fingerprint density at radius 2 is 1.58 bits per heavy atom. The monoisotopic (exact) mass is 489 g/mol. The molecule has 2 atom stereocenters. The summed E-state index contributed by atoms with van der Waals surface area (Å²) in [6.07, 6.45) is 2.20. The molecule has 0 bridgehead atoms. The van der Waals surface area contributed by atoms with Crippen LogP contribution in [-0.4, -0.2) is 37.2 Å². The lowest BCUT2D eigenvalue weighted by atomic mass is 9.83. The van der Waals surface area contributed by atoms with Crippen LogP contribution in [0.1, 0.15) is 49.0 Å². The molecule has 1 saturated heterocycles. The average molecular weight is 490 g/mol. The van der Waals surface area contributed by atoms with Crippen LogP contribution in [0.15, 0.2) is 84.9 Å². The summed E-state index contributed by atoms with van der Waals surface area (Å²) >= 11 is 0. The maximum Gasteiger partial charge on any atom is 0.305 e. The van der Waals surface area contributed by atoms with E-state index in [-0.39, 0.29) is 23.8 Å². The molecule has 3 aromatic carbocycles. The molecule has 1 aliphatic rings. The second kappa shape index (κ2) is 13.3. The van der Waals surface area contributed by atoms with E-state index in [9.17, 15) is 9.18 Å².